The zero-order valence-corrected chi connectivity index (χ0v) is 11.7. The Kier molecular flexibility index (Phi) is 4.19. The molecular weight excluding hydrogens is 232 g/mol. The predicted molar refractivity (Wildman–Crippen MR) is 78.7 cm³/mol. The molecule has 2 aliphatic rings. The molecule has 2 radical (unpaired) electrons. The maximum absolute atomic E-state index is 6.01. The Balaban J connectivity index is 1.47. The van der Waals surface area contributed by atoms with Crippen molar-refractivity contribution >= 4 is 0 Å². The second kappa shape index (κ2) is 6.06. The predicted octanol–water partition coefficient (Wildman–Crippen LogP) is 2.68. The summed E-state index contributed by atoms with van der Waals surface area (Å²) < 4.78 is 0. The summed E-state index contributed by atoms with van der Waals surface area (Å²) >= 11 is 0. The number of rotatable bonds is 3. The van der Waals surface area contributed by atoms with Gasteiger partial charge in [0.15, 0.2) is 0 Å². The van der Waals surface area contributed by atoms with Crippen LogP contribution in [0.5, 0.6) is 0 Å². The van der Waals surface area contributed by atoms with Crippen molar-refractivity contribution in [3.63, 3.8) is 0 Å². The van der Waals surface area contributed by atoms with E-state index in [1.54, 1.807) is 0 Å². The molecule has 0 amide bonds. The van der Waals surface area contributed by atoms with Gasteiger partial charge >= 0.3 is 0 Å². The van der Waals surface area contributed by atoms with Crippen LogP contribution in [-0.2, 0) is 6.54 Å². The van der Waals surface area contributed by atoms with Crippen LogP contribution < -0.4 is 0 Å². The highest BCUT2D eigenvalue weighted by atomic mass is 15.2. The van der Waals surface area contributed by atoms with E-state index in [2.05, 4.69) is 40.1 Å². The van der Waals surface area contributed by atoms with E-state index in [4.69, 9.17) is 6.92 Å². The first kappa shape index (κ1) is 13.1. The monoisotopic (exact) mass is 256 g/mol. The number of hydrogen-bond donors (Lipinski definition) is 0. The molecule has 0 spiro atoms. The summed E-state index contributed by atoms with van der Waals surface area (Å²) in [5, 5.41) is 0. The lowest BCUT2D eigenvalue weighted by Gasteiger charge is -2.36. The number of benzene rings is 1. The zero-order chi connectivity index (χ0) is 13.1. The average molecular weight is 256 g/mol. The molecule has 2 heterocycles. The zero-order valence-electron chi connectivity index (χ0n) is 11.7. The van der Waals surface area contributed by atoms with Gasteiger partial charge in [-0.3, -0.25) is 9.80 Å². The second-order valence-electron chi connectivity index (χ2n) is 6.04. The summed E-state index contributed by atoms with van der Waals surface area (Å²) in [5.41, 5.74) is 1.43. The molecule has 0 N–H and O–H groups in total. The van der Waals surface area contributed by atoms with Crippen LogP contribution in [-0.4, -0.2) is 42.0 Å². The van der Waals surface area contributed by atoms with Crippen molar-refractivity contribution in [3.8, 4) is 0 Å². The van der Waals surface area contributed by atoms with Gasteiger partial charge in [-0.2, -0.15) is 0 Å². The minimum Gasteiger partial charge on any atom is -0.300 e. The van der Waals surface area contributed by atoms with Crippen LogP contribution in [0, 0.1) is 12.8 Å². The Bertz CT molecular complexity index is 382. The van der Waals surface area contributed by atoms with E-state index in [1.807, 2.05) is 0 Å². The Hall–Kier alpha value is -0.860. The third-order valence-corrected chi connectivity index (χ3v) is 4.58. The lowest BCUT2D eigenvalue weighted by molar-refractivity contribution is 0.121. The normalized spacial score (nSPS) is 26.9. The van der Waals surface area contributed by atoms with Crippen molar-refractivity contribution in [3.05, 3.63) is 42.8 Å². The van der Waals surface area contributed by atoms with Gasteiger partial charge < -0.3 is 0 Å². The number of hydrogen-bond acceptors (Lipinski definition) is 2. The first-order valence-corrected chi connectivity index (χ1v) is 7.57. The molecule has 2 nitrogen and oxygen atoms in total. The van der Waals surface area contributed by atoms with Gasteiger partial charge in [-0.05, 0) is 57.3 Å². The van der Waals surface area contributed by atoms with Crippen molar-refractivity contribution in [2.45, 2.75) is 31.8 Å². The lowest BCUT2D eigenvalue weighted by Crippen LogP contribution is -2.43. The van der Waals surface area contributed by atoms with Gasteiger partial charge in [0.05, 0.1) is 0 Å². The highest BCUT2D eigenvalue weighted by Crippen LogP contribution is 2.24. The first-order valence-electron chi connectivity index (χ1n) is 7.57. The minimum atomic E-state index is 0.419. The highest BCUT2D eigenvalue weighted by Gasteiger charge is 2.28. The maximum Gasteiger partial charge on any atom is 0.0233 e. The molecule has 1 aromatic carbocycles. The average Bonchev–Trinajstić information content (AvgIpc) is 2.87. The van der Waals surface area contributed by atoms with Crippen LogP contribution in [0.4, 0.5) is 0 Å². The van der Waals surface area contributed by atoms with Gasteiger partial charge in [-0.15, -0.1) is 0 Å². The Morgan fingerprint density at radius 1 is 1.00 bits per heavy atom. The summed E-state index contributed by atoms with van der Waals surface area (Å²) in [7, 11) is 0. The number of piperidine rings is 1. The van der Waals surface area contributed by atoms with Crippen molar-refractivity contribution in [1.82, 2.24) is 9.80 Å². The number of nitrogens with zero attached hydrogens (tertiary/aromatic N) is 2. The third-order valence-electron chi connectivity index (χ3n) is 4.58. The third kappa shape index (κ3) is 3.37. The van der Waals surface area contributed by atoms with Crippen LogP contribution in [0.3, 0.4) is 0 Å². The van der Waals surface area contributed by atoms with Gasteiger partial charge in [-0.25, -0.2) is 0 Å². The molecule has 2 saturated heterocycles. The summed E-state index contributed by atoms with van der Waals surface area (Å²) in [4.78, 5) is 5.20. The van der Waals surface area contributed by atoms with Crippen LogP contribution in [0.2, 0.25) is 0 Å². The Morgan fingerprint density at radius 3 is 2.37 bits per heavy atom. The first-order chi connectivity index (χ1) is 9.31. The Morgan fingerprint density at radius 2 is 1.74 bits per heavy atom. The summed E-state index contributed by atoms with van der Waals surface area (Å²) in [6.07, 6.45) is 3.79. The van der Waals surface area contributed by atoms with Crippen LogP contribution in [0.15, 0.2) is 30.3 Å². The molecule has 19 heavy (non-hydrogen) atoms. The largest absolute Gasteiger partial charge is 0.300 e. The number of likely N-dealkylation sites (tertiary alicyclic amines) is 2. The van der Waals surface area contributed by atoms with Crippen LogP contribution in [0.25, 0.3) is 0 Å². The molecule has 3 rings (SSSR count). The van der Waals surface area contributed by atoms with E-state index in [9.17, 15) is 0 Å². The molecule has 0 aromatic heterocycles. The molecule has 1 aromatic rings. The minimum absolute atomic E-state index is 0.419. The molecule has 0 bridgehead atoms. The highest BCUT2D eigenvalue weighted by molar-refractivity contribution is 5.14. The van der Waals surface area contributed by atoms with Gasteiger partial charge in [0.1, 0.15) is 0 Å². The van der Waals surface area contributed by atoms with E-state index in [0.717, 1.165) is 19.1 Å². The fourth-order valence-electron chi connectivity index (χ4n) is 3.43. The molecule has 2 heteroatoms. The van der Waals surface area contributed by atoms with Gasteiger partial charge in [0.25, 0.3) is 0 Å². The van der Waals surface area contributed by atoms with Gasteiger partial charge in [0, 0.05) is 19.1 Å². The summed E-state index contributed by atoms with van der Waals surface area (Å²) in [6.45, 7) is 11.9. The molecule has 2 fully saturated rings. The van der Waals surface area contributed by atoms with Crippen molar-refractivity contribution in [2.75, 3.05) is 26.2 Å². The topological polar surface area (TPSA) is 6.48 Å². The van der Waals surface area contributed by atoms with Gasteiger partial charge in [-0.1, -0.05) is 30.3 Å². The fraction of sp³-hybridized carbons (Fsp3) is 0.588. The SMILES string of the molecule is [CH]C1CCN(C2CCN(Cc3ccccc3)CC2)C1. The maximum atomic E-state index is 6.01. The van der Waals surface area contributed by atoms with Crippen molar-refractivity contribution in [1.29, 1.82) is 0 Å². The molecule has 2 aliphatic heterocycles. The molecule has 1 unspecified atom stereocenters. The van der Waals surface area contributed by atoms with Gasteiger partial charge in [0.2, 0.25) is 0 Å². The van der Waals surface area contributed by atoms with E-state index in [1.165, 1.54) is 44.5 Å². The second-order valence-corrected chi connectivity index (χ2v) is 6.04. The molecule has 0 aliphatic carbocycles. The van der Waals surface area contributed by atoms with E-state index < -0.39 is 0 Å². The summed E-state index contributed by atoms with van der Waals surface area (Å²) in [5.74, 6) is 0.419. The van der Waals surface area contributed by atoms with Crippen molar-refractivity contribution in [2.24, 2.45) is 5.92 Å². The molecule has 0 saturated carbocycles. The molecule has 102 valence electrons. The van der Waals surface area contributed by atoms with Crippen LogP contribution in [0.1, 0.15) is 24.8 Å². The van der Waals surface area contributed by atoms with Crippen LogP contribution >= 0.6 is 0 Å². The molecular formula is C17H24N2. The van der Waals surface area contributed by atoms with E-state index >= 15 is 0 Å². The van der Waals surface area contributed by atoms with E-state index in [0.29, 0.717) is 5.92 Å². The fourth-order valence-corrected chi connectivity index (χ4v) is 3.43. The lowest BCUT2D eigenvalue weighted by atomic mass is 10.0. The smallest absolute Gasteiger partial charge is 0.0233 e. The van der Waals surface area contributed by atoms with Crippen molar-refractivity contribution < 1.29 is 0 Å². The Labute approximate surface area is 117 Å². The standard InChI is InChI=1S/C17H24N2/c1-15-7-12-19(13-15)17-8-10-18(11-9-17)14-16-5-3-2-4-6-16/h1-6,15,17H,7-14H2. The summed E-state index contributed by atoms with van der Waals surface area (Å²) in [6, 6.07) is 11.6. The van der Waals surface area contributed by atoms with E-state index in [-0.39, 0.29) is 0 Å². The quantitative estimate of drug-likeness (QED) is 0.820. The molecule has 1 atom stereocenters.